The van der Waals surface area contributed by atoms with E-state index in [2.05, 4.69) is 33.9 Å². The number of nitrogens with zero attached hydrogens (tertiary/aromatic N) is 4. The summed E-state index contributed by atoms with van der Waals surface area (Å²) in [6.07, 6.45) is 1.88. The summed E-state index contributed by atoms with van der Waals surface area (Å²) in [4.78, 5) is 13.7. The highest BCUT2D eigenvalue weighted by molar-refractivity contribution is 5.16. The molecule has 1 unspecified atom stereocenters. The molecule has 1 fully saturated rings. The lowest BCUT2D eigenvalue weighted by atomic mass is 10.1. The highest BCUT2D eigenvalue weighted by Crippen LogP contribution is 2.20. The molecule has 2 rings (SSSR count). The number of aryl methyl sites for hydroxylation is 1. The second-order valence-electron chi connectivity index (χ2n) is 4.82. The van der Waals surface area contributed by atoms with Crippen molar-refractivity contribution < 1.29 is 0 Å². The smallest absolute Gasteiger partial charge is 0.147 e. The second kappa shape index (κ2) is 5.08. The Kier molecular flexibility index (Phi) is 3.71. The molecule has 0 amide bonds. The van der Waals surface area contributed by atoms with Gasteiger partial charge in [-0.05, 0) is 26.6 Å². The van der Waals surface area contributed by atoms with Crippen LogP contribution in [0.3, 0.4) is 0 Å². The van der Waals surface area contributed by atoms with Crippen molar-refractivity contribution in [1.29, 1.82) is 0 Å². The molecule has 1 aromatic rings. The van der Waals surface area contributed by atoms with E-state index in [4.69, 9.17) is 5.73 Å². The van der Waals surface area contributed by atoms with Crippen molar-refractivity contribution in [1.82, 2.24) is 19.8 Å². The van der Waals surface area contributed by atoms with Crippen LogP contribution in [0.5, 0.6) is 0 Å². The molecule has 94 valence electrons. The molecule has 0 spiro atoms. The minimum absolute atomic E-state index is 0.277. The zero-order chi connectivity index (χ0) is 12.4. The third kappa shape index (κ3) is 2.62. The fraction of sp³-hybridized carbons (Fsp3) is 0.667. The second-order valence-corrected chi connectivity index (χ2v) is 4.82. The average Bonchev–Trinajstić information content (AvgIpc) is 2.33. The zero-order valence-corrected chi connectivity index (χ0v) is 10.8. The maximum Gasteiger partial charge on any atom is 0.147 e. The summed E-state index contributed by atoms with van der Waals surface area (Å²) in [6.45, 7) is 5.61. The van der Waals surface area contributed by atoms with Gasteiger partial charge >= 0.3 is 0 Å². The largest absolute Gasteiger partial charge is 0.325 e. The topological polar surface area (TPSA) is 58.3 Å². The average molecular weight is 235 g/mol. The molecule has 5 heteroatoms. The maximum atomic E-state index is 5.70. The SMILES string of the molecule is Cc1cnc(C2CN(C)CCN2C)nc1CN. The molecule has 0 aliphatic carbocycles. The van der Waals surface area contributed by atoms with E-state index in [1.165, 1.54) is 0 Å². The van der Waals surface area contributed by atoms with Crippen molar-refractivity contribution in [3.63, 3.8) is 0 Å². The number of likely N-dealkylation sites (N-methyl/N-ethyl adjacent to an activating group) is 2. The van der Waals surface area contributed by atoms with E-state index >= 15 is 0 Å². The molecule has 0 saturated carbocycles. The van der Waals surface area contributed by atoms with Gasteiger partial charge in [0, 0.05) is 32.4 Å². The fourth-order valence-electron chi connectivity index (χ4n) is 2.15. The van der Waals surface area contributed by atoms with Crippen LogP contribution < -0.4 is 5.73 Å². The lowest BCUT2D eigenvalue weighted by molar-refractivity contribution is 0.109. The predicted molar refractivity (Wildman–Crippen MR) is 67.5 cm³/mol. The molecular formula is C12H21N5. The van der Waals surface area contributed by atoms with Gasteiger partial charge in [0.05, 0.1) is 11.7 Å². The third-order valence-electron chi connectivity index (χ3n) is 3.44. The first-order valence-corrected chi connectivity index (χ1v) is 6.03. The highest BCUT2D eigenvalue weighted by atomic mass is 15.3. The molecule has 5 nitrogen and oxygen atoms in total. The van der Waals surface area contributed by atoms with Crippen LogP contribution in [0.2, 0.25) is 0 Å². The van der Waals surface area contributed by atoms with E-state index in [1.807, 2.05) is 13.1 Å². The Bertz CT molecular complexity index is 392. The number of nitrogens with two attached hydrogens (primary N) is 1. The van der Waals surface area contributed by atoms with Gasteiger partial charge in [0.15, 0.2) is 0 Å². The Balaban J connectivity index is 2.26. The summed E-state index contributed by atoms with van der Waals surface area (Å²) in [7, 11) is 4.26. The summed E-state index contributed by atoms with van der Waals surface area (Å²) in [5.41, 5.74) is 7.72. The summed E-state index contributed by atoms with van der Waals surface area (Å²) in [6, 6.07) is 0.277. The van der Waals surface area contributed by atoms with E-state index in [1.54, 1.807) is 0 Å². The minimum atomic E-state index is 0.277. The summed E-state index contributed by atoms with van der Waals surface area (Å²) < 4.78 is 0. The first-order chi connectivity index (χ1) is 8.11. The number of piperazine rings is 1. The van der Waals surface area contributed by atoms with E-state index in [0.717, 1.165) is 36.7 Å². The molecule has 0 aromatic carbocycles. The number of aromatic nitrogens is 2. The molecular weight excluding hydrogens is 214 g/mol. The van der Waals surface area contributed by atoms with Crippen LogP contribution >= 0.6 is 0 Å². The van der Waals surface area contributed by atoms with Crippen molar-refractivity contribution >= 4 is 0 Å². The Morgan fingerprint density at radius 2 is 2.18 bits per heavy atom. The molecule has 1 aromatic heterocycles. The Hall–Kier alpha value is -1.04. The van der Waals surface area contributed by atoms with E-state index in [0.29, 0.717) is 6.54 Å². The number of rotatable bonds is 2. The van der Waals surface area contributed by atoms with Crippen molar-refractivity contribution in [2.75, 3.05) is 33.7 Å². The van der Waals surface area contributed by atoms with Crippen molar-refractivity contribution in [2.45, 2.75) is 19.5 Å². The van der Waals surface area contributed by atoms with Crippen LogP contribution in [-0.4, -0.2) is 53.5 Å². The standard InChI is InChI=1S/C12H21N5/c1-9-7-14-12(15-10(9)6-13)11-8-16(2)4-5-17(11)3/h7,11H,4-6,8,13H2,1-3H3. The van der Waals surface area contributed by atoms with Gasteiger partial charge in [0.1, 0.15) is 5.82 Å². The monoisotopic (exact) mass is 235 g/mol. The number of hydrogen-bond acceptors (Lipinski definition) is 5. The highest BCUT2D eigenvalue weighted by Gasteiger charge is 2.26. The van der Waals surface area contributed by atoms with E-state index in [9.17, 15) is 0 Å². The maximum absolute atomic E-state index is 5.70. The lowest BCUT2D eigenvalue weighted by Crippen LogP contribution is -2.45. The molecule has 1 aliphatic rings. The first kappa shape index (κ1) is 12.4. The fourth-order valence-corrected chi connectivity index (χ4v) is 2.15. The molecule has 0 radical (unpaired) electrons. The van der Waals surface area contributed by atoms with Crippen LogP contribution in [0.25, 0.3) is 0 Å². The first-order valence-electron chi connectivity index (χ1n) is 6.03. The summed E-state index contributed by atoms with van der Waals surface area (Å²) in [5, 5.41) is 0. The van der Waals surface area contributed by atoms with Gasteiger partial charge in [-0.3, -0.25) is 4.90 Å². The van der Waals surface area contributed by atoms with E-state index in [-0.39, 0.29) is 6.04 Å². The van der Waals surface area contributed by atoms with Crippen molar-refractivity contribution in [2.24, 2.45) is 5.73 Å². The zero-order valence-electron chi connectivity index (χ0n) is 10.8. The van der Waals surface area contributed by atoms with Gasteiger partial charge in [-0.2, -0.15) is 0 Å². The van der Waals surface area contributed by atoms with E-state index < -0.39 is 0 Å². The molecule has 2 N–H and O–H groups in total. The Morgan fingerprint density at radius 3 is 2.88 bits per heavy atom. The normalized spacial score (nSPS) is 22.9. The van der Waals surface area contributed by atoms with Gasteiger partial charge in [0.2, 0.25) is 0 Å². The molecule has 0 bridgehead atoms. The third-order valence-corrected chi connectivity index (χ3v) is 3.44. The van der Waals surface area contributed by atoms with Gasteiger partial charge in [-0.1, -0.05) is 0 Å². The van der Waals surface area contributed by atoms with Gasteiger partial charge in [-0.25, -0.2) is 9.97 Å². The van der Waals surface area contributed by atoms with Crippen molar-refractivity contribution in [3.8, 4) is 0 Å². The Morgan fingerprint density at radius 1 is 1.41 bits per heavy atom. The summed E-state index contributed by atoms with van der Waals surface area (Å²) >= 11 is 0. The number of hydrogen-bond donors (Lipinski definition) is 1. The van der Waals surface area contributed by atoms with Crippen LogP contribution in [0.4, 0.5) is 0 Å². The van der Waals surface area contributed by atoms with Gasteiger partial charge in [0.25, 0.3) is 0 Å². The van der Waals surface area contributed by atoms with Gasteiger partial charge in [-0.15, -0.1) is 0 Å². The minimum Gasteiger partial charge on any atom is -0.325 e. The molecule has 1 aliphatic heterocycles. The quantitative estimate of drug-likeness (QED) is 0.791. The molecule has 2 heterocycles. The van der Waals surface area contributed by atoms with Crippen molar-refractivity contribution in [3.05, 3.63) is 23.3 Å². The molecule has 1 atom stereocenters. The van der Waals surface area contributed by atoms with Crippen LogP contribution in [0.1, 0.15) is 23.1 Å². The van der Waals surface area contributed by atoms with Gasteiger partial charge < -0.3 is 10.6 Å². The Labute approximate surface area is 103 Å². The molecule has 17 heavy (non-hydrogen) atoms. The molecule has 1 saturated heterocycles. The van der Waals surface area contributed by atoms with Crippen LogP contribution in [0.15, 0.2) is 6.20 Å². The predicted octanol–water partition coefficient (Wildman–Crippen LogP) is 0.162. The lowest BCUT2D eigenvalue weighted by Gasteiger charge is -2.36. The van der Waals surface area contributed by atoms with Crippen LogP contribution in [0, 0.1) is 6.92 Å². The summed E-state index contributed by atoms with van der Waals surface area (Å²) in [5.74, 6) is 0.894. The van der Waals surface area contributed by atoms with Crippen LogP contribution in [-0.2, 0) is 6.54 Å².